The van der Waals surface area contributed by atoms with Gasteiger partial charge in [-0.3, -0.25) is 4.79 Å². The van der Waals surface area contributed by atoms with Gasteiger partial charge in [0, 0.05) is 18.8 Å². The van der Waals surface area contributed by atoms with E-state index in [-0.39, 0.29) is 5.91 Å². The predicted octanol–water partition coefficient (Wildman–Crippen LogP) is 3.90. The summed E-state index contributed by atoms with van der Waals surface area (Å²) in [6.07, 6.45) is 2.06. The van der Waals surface area contributed by atoms with E-state index in [2.05, 4.69) is 59.3 Å². The van der Waals surface area contributed by atoms with Gasteiger partial charge < -0.3 is 15.1 Å². The molecule has 3 rings (SSSR count). The van der Waals surface area contributed by atoms with Crippen molar-refractivity contribution in [3.05, 3.63) is 46.8 Å². The van der Waals surface area contributed by atoms with Gasteiger partial charge in [-0.15, -0.1) is 11.3 Å². The summed E-state index contributed by atoms with van der Waals surface area (Å²) < 4.78 is 0. The maximum atomic E-state index is 12.4. The first-order chi connectivity index (χ1) is 12.2. The number of nitrogens with zero attached hydrogens (tertiary/aromatic N) is 2. The van der Waals surface area contributed by atoms with E-state index in [9.17, 15) is 4.79 Å². The summed E-state index contributed by atoms with van der Waals surface area (Å²) in [6.45, 7) is 9.23. The third kappa shape index (κ3) is 4.22. The molecule has 0 saturated heterocycles. The molecule has 0 radical (unpaired) electrons. The largest absolute Gasteiger partial charge is 0.351 e. The van der Waals surface area contributed by atoms with E-state index in [1.165, 1.54) is 11.3 Å². The van der Waals surface area contributed by atoms with Crippen LogP contribution in [0.5, 0.6) is 0 Å². The average Bonchev–Trinajstić information content (AvgIpc) is 3.28. The smallest absolute Gasteiger partial charge is 0.261 e. The zero-order chi connectivity index (χ0) is 17.6. The van der Waals surface area contributed by atoms with Crippen LogP contribution in [0.4, 0.5) is 10.7 Å². The number of fused-ring (bicyclic) bond motifs is 1. The summed E-state index contributed by atoms with van der Waals surface area (Å²) in [5, 5.41) is 4.20. The van der Waals surface area contributed by atoms with E-state index in [0.29, 0.717) is 0 Å². The second-order valence-corrected chi connectivity index (χ2v) is 7.37. The number of nitrogens with one attached hydrogen (secondary N) is 1. The number of anilines is 2. The molecule has 0 aliphatic carbocycles. The van der Waals surface area contributed by atoms with Crippen LogP contribution in [0.25, 0.3) is 0 Å². The van der Waals surface area contributed by atoms with Gasteiger partial charge in [-0.2, -0.15) is 0 Å². The SMILES string of the molecule is CCN(CC)CCCNC(=O)c1ccc(N2CCc3ccccc32)s1. The van der Waals surface area contributed by atoms with E-state index >= 15 is 0 Å². The molecule has 0 fully saturated rings. The molecule has 1 amide bonds. The molecule has 0 spiro atoms. The van der Waals surface area contributed by atoms with Crippen LogP contribution in [0.2, 0.25) is 0 Å². The van der Waals surface area contributed by atoms with Crippen LogP contribution in [0.15, 0.2) is 36.4 Å². The Hall–Kier alpha value is -1.85. The lowest BCUT2D eigenvalue weighted by Gasteiger charge is -2.17. The first-order valence-electron chi connectivity index (χ1n) is 9.18. The molecule has 0 bridgehead atoms. The second-order valence-electron chi connectivity index (χ2n) is 6.30. The predicted molar refractivity (Wildman–Crippen MR) is 106 cm³/mol. The minimum Gasteiger partial charge on any atom is -0.351 e. The fraction of sp³-hybridized carbons (Fsp3) is 0.450. The third-order valence-electron chi connectivity index (χ3n) is 4.80. The zero-order valence-corrected chi connectivity index (χ0v) is 15.9. The number of rotatable bonds is 8. The van der Waals surface area contributed by atoms with Gasteiger partial charge in [-0.1, -0.05) is 32.0 Å². The van der Waals surface area contributed by atoms with E-state index in [0.717, 1.165) is 55.4 Å². The van der Waals surface area contributed by atoms with Crippen LogP contribution < -0.4 is 10.2 Å². The van der Waals surface area contributed by atoms with Crippen LogP contribution >= 0.6 is 11.3 Å². The van der Waals surface area contributed by atoms with Crippen molar-refractivity contribution >= 4 is 27.9 Å². The maximum absolute atomic E-state index is 12.4. The van der Waals surface area contributed by atoms with E-state index < -0.39 is 0 Å². The number of hydrogen-bond donors (Lipinski definition) is 1. The number of hydrogen-bond acceptors (Lipinski definition) is 4. The van der Waals surface area contributed by atoms with E-state index in [1.54, 1.807) is 11.3 Å². The molecular weight excluding hydrogens is 330 g/mol. The van der Waals surface area contributed by atoms with Crippen molar-refractivity contribution in [1.29, 1.82) is 0 Å². The summed E-state index contributed by atoms with van der Waals surface area (Å²) in [5.41, 5.74) is 2.66. The Bertz CT molecular complexity index is 708. The minimum atomic E-state index is 0.0447. The Labute approximate surface area is 154 Å². The second kappa shape index (κ2) is 8.50. The Morgan fingerprint density at radius 3 is 2.80 bits per heavy atom. The van der Waals surface area contributed by atoms with Gasteiger partial charge in [-0.25, -0.2) is 0 Å². The molecule has 1 N–H and O–H groups in total. The highest BCUT2D eigenvalue weighted by Gasteiger charge is 2.21. The van der Waals surface area contributed by atoms with Gasteiger partial charge in [-0.05, 0) is 56.2 Å². The highest BCUT2D eigenvalue weighted by Crippen LogP contribution is 2.37. The fourth-order valence-corrected chi connectivity index (χ4v) is 4.26. The van der Waals surface area contributed by atoms with Crippen LogP contribution in [-0.4, -0.2) is 43.5 Å². The number of amides is 1. The Morgan fingerprint density at radius 2 is 2.00 bits per heavy atom. The normalized spacial score (nSPS) is 13.3. The molecule has 2 heterocycles. The minimum absolute atomic E-state index is 0.0447. The summed E-state index contributed by atoms with van der Waals surface area (Å²) >= 11 is 1.58. The molecule has 1 aliphatic rings. The van der Waals surface area contributed by atoms with Crippen LogP contribution in [0, 0.1) is 0 Å². The standard InChI is InChI=1S/C20H27N3OS/c1-3-22(4-2)14-7-13-21-20(24)18-10-11-19(25-18)23-15-12-16-8-5-6-9-17(16)23/h5-6,8-11H,3-4,7,12-15H2,1-2H3,(H,21,24). The Kier molecular flexibility index (Phi) is 6.10. The molecule has 2 aromatic rings. The quantitative estimate of drug-likeness (QED) is 0.728. The van der Waals surface area contributed by atoms with Gasteiger partial charge in [0.05, 0.1) is 9.88 Å². The van der Waals surface area contributed by atoms with Gasteiger partial charge in [0.25, 0.3) is 5.91 Å². The molecule has 0 atom stereocenters. The van der Waals surface area contributed by atoms with Crippen molar-refractivity contribution in [2.45, 2.75) is 26.7 Å². The van der Waals surface area contributed by atoms with Crippen molar-refractivity contribution in [3.63, 3.8) is 0 Å². The molecule has 1 aliphatic heterocycles. The van der Waals surface area contributed by atoms with Crippen LogP contribution in [0.3, 0.4) is 0 Å². The van der Waals surface area contributed by atoms with Gasteiger partial charge >= 0.3 is 0 Å². The summed E-state index contributed by atoms with van der Waals surface area (Å²) in [4.78, 5) is 17.9. The Balaban J connectivity index is 1.54. The number of thiophene rings is 1. The highest BCUT2D eigenvalue weighted by molar-refractivity contribution is 7.18. The summed E-state index contributed by atoms with van der Waals surface area (Å²) in [5.74, 6) is 0.0447. The monoisotopic (exact) mass is 357 g/mol. The summed E-state index contributed by atoms with van der Waals surface area (Å²) in [6, 6.07) is 12.5. The van der Waals surface area contributed by atoms with Crippen molar-refractivity contribution in [3.8, 4) is 0 Å². The molecule has 0 saturated carbocycles. The van der Waals surface area contributed by atoms with Gasteiger partial charge in [0.1, 0.15) is 0 Å². The van der Waals surface area contributed by atoms with E-state index in [1.807, 2.05) is 6.07 Å². The number of carbonyl (C=O) groups excluding carboxylic acids is 1. The highest BCUT2D eigenvalue weighted by atomic mass is 32.1. The van der Waals surface area contributed by atoms with Crippen LogP contribution in [-0.2, 0) is 6.42 Å². The van der Waals surface area contributed by atoms with E-state index in [4.69, 9.17) is 0 Å². The maximum Gasteiger partial charge on any atom is 0.261 e. The van der Waals surface area contributed by atoms with Gasteiger partial charge in [0.2, 0.25) is 0 Å². The first-order valence-corrected chi connectivity index (χ1v) is 10.0. The number of carbonyl (C=O) groups is 1. The van der Waals surface area contributed by atoms with Crippen molar-refractivity contribution < 1.29 is 4.79 Å². The average molecular weight is 358 g/mol. The topological polar surface area (TPSA) is 35.6 Å². The lowest BCUT2D eigenvalue weighted by molar-refractivity contribution is 0.0956. The van der Waals surface area contributed by atoms with Gasteiger partial charge in [0.15, 0.2) is 0 Å². The number of para-hydroxylation sites is 1. The molecule has 0 unspecified atom stereocenters. The van der Waals surface area contributed by atoms with Crippen molar-refractivity contribution in [1.82, 2.24) is 10.2 Å². The molecular formula is C20H27N3OS. The first kappa shape index (κ1) is 18.0. The van der Waals surface area contributed by atoms with Crippen LogP contribution in [0.1, 0.15) is 35.5 Å². The molecule has 25 heavy (non-hydrogen) atoms. The zero-order valence-electron chi connectivity index (χ0n) is 15.1. The molecule has 134 valence electrons. The molecule has 4 nitrogen and oxygen atoms in total. The lowest BCUT2D eigenvalue weighted by Crippen LogP contribution is -2.29. The number of benzene rings is 1. The fourth-order valence-electron chi connectivity index (χ4n) is 3.29. The molecule has 1 aromatic carbocycles. The third-order valence-corrected chi connectivity index (χ3v) is 5.91. The molecule has 5 heteroatoms. The van der Waals surface area contributed by atoms with Crippen molar-refractivity contribution in [2.24, 2.45) is 0 Å². The lowest BCUT2D eigenvalue weighted by atomic mass is 10.2. The molecule has 1 aromatic heterocycles. The Morgan fingerprint density at radius 1 is 1.20 bits per heavy atom. The summed E-state index contributed by atoms with van der Waals surface area (Å²) in [7, 11) is 0. The van der Waals surface area contributed by atoms with Crippen molar-refractivity contribution in [2.75, 3.05) is 37.6 Å².